The molecule has 0 aliphatic rings. The molecule has 1 atom stereocenters. The van der Waals surface area contributed by atoms with Crippen molar-refractivity contribution in [2.24, 2.45) is 0 Å². The summed E-state index contributed by atoms with van der Waals surface area (Å²) in [6.45, 7) is 7.29. The lowest BCUT2D eigenvalue weighted by atomic mass is 10.1. The Morgan fingerprint density at radius 2 is 1.58 bits per heavy atom. The van der Waals surface area contributed by atoms with Gasteiger partial charge < -0.3 is 0 Å². The molecule has 1 unspecified atom stereocenters. The van der Waals surface area contributed by atoms with Gasteiger partial charge in [-0.2, -0.15) is 0 Å². The highest BCUT2D eigenvalue weighted by Gasteiger charge is 2.21. The Bertz CT molecular complexity index is 926. The van der Waals surface area contributed by atoms with Crippen molar-refractivity contribution in [2.45, 2.75) is 43.5 Å². The number of rotatable bonds is 6. The van der Waals surface area contributed by atoms with Gasteiger partial charge in [0.1, 0.15) is 0 Å². The smallest absolute Gasteiger partial charge is 0.224 e. The van der Waals surface area contributed by atoms with E-state index in [1.54, 1.807) is 25.2 Å². The van der Waals surface area contributed by atoms with E-state index in [1.165, 1.54) is 24.3 Å². The molecule has 132 valence electrons. The normalized spacial score (nSPS) is 13.8. The van der Waals surface area contributed by atoms with Gasteiger partial charge in [0, 0.05) is 15.8 Å². The van der Waals surface area contributed by atoms with Gasteiger partial charge in [-0.05, 0) is 56.7 Å². The van der Waals surface area contributed by atoms with Crippen LogP contribution in [-0.2, 0) is 19.9 Å². The van der Waals surface area contributed by atoms with E-state index in [0.717, 1.165) is 15.3 Å². The fraction of sp³-hybridized carbons (Fsp3) is 0.375. The van der Waals surface area contributed by atoms with Gasteiger partial charge in [0.05, 0.1) is 15.5 Å². The molecule has 1 heterocycles. The van der Waals surface area contributed by atoms with Crippen LogP contribution in [0.2, 0.25) is 0 Å². The second-order valence-corrected chi connectivity index (χ2v) is 11.0. The Morgan fingerprint density at radius 3 is 2.04 bits per heavy atom. The number of sulfone groups is 1. The average Bonchev–Trinajstić information content (AvgIpc) is 2.86. The summed E-state index contributed by atoms with van der Waals surface area (Å²) in [5.74, 6) is -0.0227. The SMILES string of the molecule is CCS(=O)(=O)c1ccc(S(=O)(=O)NC(C)c2cc(C)sc2C)cc1. The first-order valence-corrected chi connectivity index (χ1v) is 11.4. The lowest BCUT2D eigenvalue weighted by Gasteiger charge is -2.14. The van der Waals surface area contributed by atoms with Crippen LogP contribution in [0.15, 0.2) is 40.1 Å². The monoisotopic (exact) mass is 387 g/mol. The van der Waals surface area contributed by atoms with Crippen LogP contribution in [0.1, 0.15) is 35.2 Å². The first-order chi connectivity index (χ1) is 11.1. The van der Waals surface area contributed by atoms with Crippen molar-refractivity contribution in [3.8, 4) is 0 Å². The van der Waals surface area contributed by atoms with Crippen molar-refractivity contribution in [2.75, 3.05) is 5.75 Å². The largest absolute Gasteiger partial charge is 0.241 e. The summed E-state index contributed by atoms with van der Waals surface area (Å²) in [5, 5.41) is 0. The molecule has 1 N–H and O–H groups in total. The van der Waals surface area contributed by atoms with Crippen molar-refractivity contribution in [3.63, 3.8) is 0 Å². The van der Waals surface area contributed by atoms with Crippen LogP contribution in [-0.4, -0.2) is 22.6 Å². The van der Waals surface area contributed by atoms with Crippen molar-refractivity contribution >= 4 is 31.2 Å². The van der Waals surface area contributed by atoms with Gasteiger partial charge in [0.25, 0.3) is 0 Å². The van der Waals surface area contributed by atoms with Crippen LogP contribution in [0.3, 0.4) is 0 Å². The molecule has 24 heavy (non-hydrogen) atoms. The van der Waals surface area contributed by atoms with Crippen molar-refractivity contribution in [1.82, 2.24) is 4.72 Å². The molecule has 1 aromatic heterocycles. The van der Waals surface area contributed by atoms with Gasteiger partial charge in [-0.15, -0.1) is 11.3 Å². The molecule has 2 rings (SSSR count). The summed E-state index contributed by atoms with van der Waals surface area (Å²) < 4.78 is 51.3. The second kappa shape index (κ2) is 6.95. The van der Waals surface area contributed by atoms with E-state index < -0.39 is 19.9 Å². The van der Waals surface area contributed by atoms with Crippen LogP contribution in [0, 0.1) is 13.8 Å². The van der Waals surface area contributed by atoms with E-state index in [2.05, 4.69) is 4.72 Å². The molecule has 1 aromatic carbocycles. The molecule has 2 aromatic rings. The van der Waals surface area contributed by atoms with E-state index in [9.17, 15) is 16.8 Å². The molecule has 5 nitrogen and oxygen atoms in total. The van der Waals surface area contributed by atoms with Crippen LogP contribution in [0.25, 0.3) is 0 Å². The second-order valence-electron chi connectivity index (χ2n) is 5.59. The van der Waals surface area contributed by atoms with E-state index in [-0.39, 0.29) is 21.6 Å². The predicted molar refractivity (Wildman–Crippen MR) is 96.7 cm³/mol. The predicted octanol–water partition coefficient (Wildman–Crippen LogP) is 3.20. The minimum absolute atomic E-state index is 0.0227. The number of hydrogen-bond donors (Lipinski definition) is 1. The fourth-order valence-corrected chi connectivity index (χ4v) is 5.57. The minimum atomic E-state index is -3.72. The summed E-state index contributed by atoms with van der Waals surface area (Å²) in [6, 6.07) is 6.92. The number of thiophene rings is 1. The highest BCUT2D eigenvalue weighted by atomic mass is 32.2. The van der Waals surface area contributed by atoms with Gasteiger partial charge in [0.2, 0.25) is 10.0 Å². The lowest BCUT2D eigenvalue weighted by molar-refractivity contribution is 0.566. The third-order valence-electron chi connectivity index (χ3n) is 3.75. The molecule has 0 aliphatic heterocycles. The standard InChI is InChI=1S/C16H21NO4S3/c1-5-23(18,19)14-6-8-15(9-7-14)24(20,21)17-12(3)16-10-11(2)22-13(16)4/h6-10,12,17H,5H2,1-4H3. The van der Waals surface area contributed by atoms with E-state index in [1.807, 2.05) is 19.9 Å². The Kier molecular flexibility index (Phi) is 5.54. The minimum Gasteiger partial charge on any atom is -0.224 e. The topological polar surface area (TPSA) is 80.3 Å². The van der Waals surface area contributed by atoms with Crippen LogP contribution < -0.4 is 4.72 Å². The highest BCUT2D eigenvalue weighted by Crippen LogP contribution is 2.27. The van der Waals surface area contributed by atoms with Crippen LogP contribution >= 0.6 is 11.3 Å². The molecule has 0 saturated carbocycles. The van der Waals surface area contributed by atoms with Gasteiger partial charge in [0.15, 0.2) is 9.84 Å². The number of sulfonamides is 1. The van der Waals surface area contributed by atoms with E-state index >= 15 is 0 Å². The van der Waals surface area contributed by atoms with Gasteiger partial charge >= 0.3 is 0 Å². The molecular weight excluding hydrogens is 366 g/mol. The maximum Gasteiger partial charge on any atom is 0.241 e. The van der Waals surface area contributed by atoms with Crippen LogP contribution in [0.5, 0.6) is 0 Å². The molecule has 0 fully saturated rings. The first kappa shape index (κ1) is 19.1. The van der Waals surface area contributed by atoms with Gasteiger partial charge in [-0.25, -0.2) is 21.6 Å². The van der Waals surface area contributed by atoms with Crippen molar-refractivity contribution in [1.29, 1.82) is 0 Å². The molecule has 0 amide bonds. The third-order valence-corrected chi connectivity index (χ3v) is 8.04. The Hall–Kier alpha value is -1.22. The molecule has 0 bridgehead atoms. The van der Waals surface area contributed by atoms with E-state index in [0.29, 0.717) is 0 Å². The Labute approximate surface area is 147 Å². The average molecular weight is 388 g/mol. The summed E-state index contributed by atoms with van der Waals surface area (Å²) in [5.41, 5.74) is 0.950. The summed E-state index contributed by atoms with van der Waals surface area (Å²) in [7, 11) is -7.07. The Balaban J connectivity index is 2.26. The zero-order valence-electron chi connectivity index (χ0n) is 14.0. The summed E-state index contributed by atoms with van der Waals surface area (Å²) in [4.78, 5) is 2.38. The first-order valence-electron chi connectivity index (χ1n) is 7.49. The summed E-state index contributed by atoms with van der Waals surface area (Å²) in [6.07, 6.45) is 0. The number of aryl methyl sites for hydroxylation is 2. The van der Waals surface area contributed by atoms with Crippen molar-refractivity contribution < 1.29 is 16.8 Å². The molecular formula is C16H21NO4S3. The lowest BCUT2D eigenvalue weighted by Crippen LogP contribution is -2.27. The number of benzene rings is 1. The third kappa shape index (κ3) is 4.05. The zero-order chi connectivity index (χ0) is 18.1. The number of nitrogens with one attached hydrogen (secondary N) is 1. The molecule has 0 radical (unpaired) electrons. The summed E-state index contributed by atoms with van der Waals surface area (Å²) >= 11 is 1.63. The van der Waals surface area contributed by atoms with E-state index in [4.69, 9.17) is 0 Å². The molecule has 0 spiro atoms. The zero-order valence-corrected chi connectivity index (χ0v) is 16.5. The van der Waals surface area contributed by atoms with Crippen LogP contribution in [0.4, 0.5) is 0 Å². The molecule has 8 heteroatoms. The Morgan fingerprint density at radius 1 is 1.04 bits per heavy atom. The maximum atomic E-state index is 12.5. The maximum absolute atomic E-state index is 12.5. The van der Waals surface area contributed by atoms with Gasteiger partial charge in [-0.3, -0.25) is 0 Å². The number of hydrogen-bond acceptors (Lipinski definition) is 5. The highest BCUT2D eigenvalue weighted by molar-refractivity contribution is 7.91. The molecule has 0 saturated heterocycles. The fourth-order valence-electron chi connectivity index (χ4n) is 2.44. The quantitative estimate of drug-likeness (QED) is 0.825. The molecule has 0 aliphatic carbocycles. The van der Waals surface area contributed by atoms with Gasteiger partial charge in [-0.1, -0.05) is 6.92 Å². The van der Waals surface area contributed by atoms with Crippen molar-refractivity contribution in [3.05, 3.63) is 45.6 Å².